The quantitative estimate of drug-likeness (QED) is 0.525. The van der Waals surface area contributed by atoms with Gasteiger partial charge < -0.3 is 5.11 Å². The molecule has 16 heavy (non-hydrogen) atoms. The van der Waals surface area contributed by atoms with Crippen molar-refractivity contribution in [3.05, 3.63) is 41.5 Å². The lowest BCUT2D eigenvalue weighted by atomic mass is 10.0. The third-order valence-corrected chi connectivity index (χ3v) is 2.41. The average molecular weight is 283 g/mol. The molecule has 1 rings (SSSR count). The second-order valence-electron chi connectivity index (χ2n) is 3.24. The lowest BCUT2D eigenvalue weighted by molar-refractivity contribution is -0.131. The molecule has 3 nitrogen and oxygen atoms in total. The van der Waals surface area contributed by atoms with Crippen LogP contribution in [0.1, 0.15) is 22.8 Å². The zero-order valence-electron chi connectivity index (χ0n) is 8.68. The predicted molar refractivity (Wildman–Crippen MR) is 65.8 cm³/mol. The Labute approximate surface area is 102 Å². The van der Waals surface area contributed by atoms with Gasteiger partial charge in [-0.3, -0.25) is 4.79 Å². The molecule has 0 bridgehead atoms. The summed E-state index contributed by atoms with van der Waals surface area (Å²) < 4.78 is 0. The first-order valence-corrected chi connectivity index (χ1v) is 5.62. The summed E-state index contributed by atoms with van der Waals surface area (Å²) in [5, 5.41) is 8.53. The van der Waals surface area contributed by atoms with Gasteiger partial charge in [-0.25, -0.2) is 4.79 Å². The lowest BCUT2D eigenvalue weighted by Crippen LogP contribution is -2.11. The molecule has 84 valence electrons. The second kappa shape index (κ2) is 5.61. The summed E-state index contributed by atoms with van der Waals surface area (Å²) in [6.07, 6.45) is 2.44. The fraction of sp³-hybridized carbons (Fsp3) is 0.167. The number of carbonyl (C=O) groups excluding carboxylic acids is 1. The molecule has 1 N–H and O–H groups in total. The molecule has 0 spiro atoms. The monoisotopic (exact) mass is 282 g/mol. The van der Waals surface area contributed by atoms with Crippen LogP contribution in [-0.4, -0.2) is 21.7 Å². The number of halogens is 1. The van der Waals surface area contributed by atoms with Crippen LogP contribution >= 0.6 is 15.9 Å². The largest absolute Gasteiger partial charge is 0.478 e. The van der Waals surface area contributed by atoms with Crippen LogP contribution in [0, 0.1) is 0 Å². The van der Waals surface area contributed by atoms with Crippen LogP contribution in [0.5, 0.6) is 0 Å². The van der Waals surface area contributed by atoms with Crippen molar-refractivity contribution in [2.75, 3.05) is 0 Å². The Balaban J connectivity index is 3.10. The molecule has 0 aliphatic rings. The molecule has 4 heteroatoms. The van der Waals surface area contributed by atoms with E-state index in [0.29, 0.717) is 11.1 Å². The second-order valence-corrected chi connectivity index (χ2v) is 4.61. The summed E-state index contributed by atoms with van der Waals surface area (Å²) in [5.74, 6) is -1.10. The Hall–Kier alpha value is -1.42. The fourth-order valence-electron chi connectivity index (χ4n) is 1.24. The maximum Gasteiger partial charge on any atom is 0.328 e. The van der Waals surface area contributed by atoms with Gasteiger partial charge in [0.1, 0.15) is 0 Å². The third-order valence-electron chi connectivity index (χ3n) is 1.99. The van der Waals surface area contributed by atoms with Crippen molar-refractivity contribution in [3.8, 4) is 0 Å². The first-order chi connectivity index (χ1) is 7.52. The van der Waals surface area contributed by atoms with Crippen molar-refractivity contribution < 1.29 is 14.7 Å². The van der Waals surface area contributed by atoms with Gasteiger partial charge in [0, 0.05) is 11.6 Å². The average Bonchev–Trinajstić information content (AvgIpc) is 2.25. The van der Waals surface area contributed by atoms with E-state index in [9.17, 15) is 9.59 Å². The van der Waals surface area contributed by atoms with Crippen molar-refractivity contribution >= 4 is 33.8 Å². The molecule has 0 amide bonds. The van der Waals surface area contributed by atoms with Crippen LogP contribution in [-0.2, 0) is 4.79 Å². The molecule has 1 atom stereocenters. The summed E-state index contributed by atoms with van der Waals surface area (Å²) in [5.41, 5.74) is 1.13. The molecular weight excluding hydrogens is 272 g/mol. The number of carbonyl (C=O) groups is 2. The SMILES string of the molecule is CC(Br)C(=O)c1ccccc1/C=C/C(=O)O. The number of hydrogen-bond acceptors (Lipinski definition) is 2. The van der Waals surface area contributed by atoms with Gasteiger partial charge in [0.05, 0.1) is 4.83 Å². The topological polar surface area (TPSA) is 54.4 Å². The highest BCUT2D eigenvalue weighted by atomic mass is 79.9. The van der Waals surface area contributed by atoms with E-state index in [4.69, 9.17) is 5.11 Å². The molecule has 1 aromatic rings. The molecule has 1 unspecified atom stereocenters. The van der Waals surface area contributed by atoms with Gasteiger partial charge in [-0.1, -0.05) is 40.2 Å². The normalized spacial score (nSPS) is 12.6. The third kappa shape index (κ3) is 3.31. The smallest absolute Gasteiger partial charge is 0.328 e. The number of carboxylic acids is 1. The molecular formula is C12H11BrO3. The van der Waals surface area contributed by atoms with Gasteiger partial charge in [-0.2, -0.15) is 0 Å². The van der Waals surface area contributed by atoms with Crippen molar-refractivity contribution in [1.29, 1.82) is 0 Å². The van der Waals surface area contributed by atoms with E-state index in [1.807, 2.05) is 0 Å². The fourth-order valence-corrected chi connectivity index (χ4v) is 1.49. The Morgan fingerprint density at radius 2 is 2.00 bits per heavy atom. The molecule has 0 saturated heterocycles. The van der Waals surface area contributed by atoms with Crippen LogP contribution < -0.4 is 0 Å². The minimum Gasteiger partial charge on any atom is -0.478 e. The van der Waals surface area contributed by atoms with Crippen LogP contribution in [0.3, 0.4) is 0 Å². The highest BCUT2D eigenvalue weighted by Gasteiger charge is 2.14. The zero-order chi connectivity index (χ0) is 12.1. The number of aliphatic carboxylic acids is 1. The van der Waals surface area contributed by atoms with E-state index in [0.717, 1.165) is 6.08 Å². The maximum absolute atomic E-state index is 11.8. The molecule has 0 radical (unpaired) electrons. The van der Waals surface area contributed by atoms with Crippen LogP contribution in [0.2, 0.25) is 0 Å². The number of carboxylic acid groups (broad SMARTS) is 1. The van der Waals surface area contributed by atoms with E-state index >= 15 is 0 Å². The van der Waals surface area contributed by atoms with Gasteiger partial charge in [-0.15, -0.1) is 0 Å². The standard InChI is InChI=1S/C12H11BrO3/c1-8(13)12(16)10-5-3-2-4-9(10)6-7-11(14)15/h2-8H,1H3,(H,14,15)/b7-6+. The van der Waals surface area contributed by atoms with Crippen LogP contribution in [0.4, 0.5) is 0 Å². The number of benzene rings is 1. The molecule has 1 aromatic carbocycles. The van der Waals surface area contributed by atoms with Crippen molar-refractivity contribution in [2.24, 2.45) is 0 Å². The van der Waals surface area contributed by atoms with E-state index in [-0.39, 0.29) is 10.6 Å². The minimum atomic E-state index is -1.03. The molecule has 0 saturated carbocycles. The maximum atomic E-state index is 11.8. The number of rotatable bonds is 4. The predicted octanol–water partition coefficient (Wildman–Crippen LogP) is 2.75. The molecule has 0 fully saturated rings. The Morgan fingerprint density at radius 1 is 1.38 bits per heavy atom. The summed E-state index contributed by atoms with van der Waals surface area (Å²) in [7, 11) is 0. The van der Waals surface area contributed by atoms with Gasteiger partial charge in [0.15, 0.2) is 5.78 Å². The van der Waals surface area contributed by atoms with Crippen molar-refractivity contribution in [1.82, 2.24) is 0 Å². The number of Topliss-reactive ketones (excluding diaryl/α,β-unsaturated/α-hetero) is 1. The number of ketones is 1. The molecule has 0 aromatic heterocycles. The van der Waals surface area contributed by atoms with Crippen molar-refractivity contribution in [2.45, 2.75) is 11.8 Å². The first kappa shape index (κ1) is 12.6. The summed E-state index contributed by atoms with van der Waals surface area (Å²) in [6, 6.07) is 6.90. The van der Waals surface area contributed by atoms with Gasteiger partial charge >= 0.3 is 5.97 Å². The number of alkyl halides is 1. The van der Waals surface area contributed by atoms with Crippen LogP contribution in [0.25, 0.3) is 6.08 Å². The van der Waals surface area contributed by atoms with E-state index in [1.165, 1.54) is 6.08 Å². The zero-order valence-corrected chi connectivity index (χ0v) is 10.3. The van der Waals surface area contributed by atoms with Gasteiger partial charge in [0.25, 0.3) is 0 Å². The van der Waals surface area contributed by atoms with Gasteiger partial charge in [-0.05, 0) is 18.6 Å². The molecule has 0 heterocycles. The van der Waals surface area contributed by atoms with Crippen LogP contribution in [0.15, 0.2) is 30.3 Å². The van der Waals surface area contributed by atoms with Gasteiger partial charge in [0.2, 0.25) is 0 Å². The van der Waals surface area contributed by atoms with E-state index < -0.39 is 5.97 Å². The molecule has 0 aliphatic carbocycles. The highest BCUT2D eigenvalue weighted by Crippen LogP contribution is 2.16. The lowest BCUT2D eigenvalue weighted by Gasteiger charge is -2.06. The molecule has 0 aliphatic heterocycles. The van der Waals surface area contributed by atoms with E-state index in [2.05, 4.69) is 15.9 Å². The van der Waals surface area contributed by atoms with E-state index in [1.54, 1.807) is 31.2 Å². The van der Waals surface area contributed by atoms with Crippen molar-refractivity contribution in [3.63, 3.8) is 0 Å². The highest BCUT2D eigenvalue weighted by molar-refractivity contribution is 9.10. The minimum absolute atomic E-state index is 0.0642. The Morgan fingerprint density at radius 3 is 2.56 bits per heavy atom. The summed E-state index contributed by atoms with van der Waals surface area (Å²) >= 11 is 3.20. The number of hydrogen-bond donors (Lipinski definition) is 1. The summed E-state index contributed by atoms with van der Waals surface area (Å²) in [4.78, 5) is 21.9. The Bertz CT molecular complexity index is 436. The summed E-state index contributed by atoms with van der Waals surface area (Å²) in [6.45, 7) is 1.74. The first-order valence-electron chi connectivity index (χ1n) is 4.70. The Kier molecular flexibility index (Phi) is 4.43.